The third-order valence-electron chi connectivity index (χ3n) is 7.08. The molecular weight excluding hydrogens is 468 g/mol. The van der Waals surface area contributed by atoms with Crippen molar-refractivity contribution in [3.8, 4) is 5.75 Å². The summed E-state index contributed by atoms with van der Waals surface area (Å²) in [5, 5.41) is 15.8. The lowest BCUT2D eigenvalue weighted by Crippen LogP contribution is -2.50. The molecule has 0 spiro atoms. The molecule has 1 atom stereocenters. The lowest BCUT2D eigenvalue weighted by molar-refractivity contribution is -0.130. The first kappa shape index (κ1) is 22.9. The largest absolute Gasteiger partial charge is 0.422 e. The number of para-hydroxylation sites is 1. The number of ketones is 2. The van der Waals surface area contributed by atoms with E-state index in [9.17, 15) is 19.5 Å². The highest BCUT2D eigenvalue weighted by molar-refractivity contribution is 6.30. The Balaban J connectivity index is 1.67. The second kappa shape index (κ2) is 8.57. The molecule has 3 aromatic rings. The third-order valence-corrected chi connectivity index (χ3v) is 7.08. The molecule has 1 unspecified atom stereocenters. The molecule has 6 rings (SSSR count). The molecule has 3 heterocycles. The standard InChI is InChI=1S/C30H24N2O5/c1-18-12-14-19(15-13-18)26(33)23-25(24-27(34)21-10-5-6-11-22(21)37-29(24)35)30(36,20-8-3-2-4-9-20)32-17-7-16-31-28(23)32/h2-6,8-15,31,36H,7,16-17H2,1H3. The summed E-state index contributed by atoms with van der Waals surface area (Å²) in [5.41, 5.74) is -0.254. The predicted molar refractivity (Wildman–Crippen MR) is 136 cm³/mol. The van der Waals surface area contributed by atoms with Crippen molar-refractivity contribution in [1.82, 2.24) is 10.2 Å². The number of nitrogens with one attached hydrogen (secondary N) is 1. The van der Waals surface area contributed by atoms with E-state index in [1.54, 1.807) is 65.6 Å². The van der Waals surface area contributed by atoms with Gasteiger partial charge in [0.1, 0.15) is 17.1 Å². The summed E-state index contributed by atoms with van der Waals surface area (Å²) in [7, 11) is 0. The van der Waals surface area contributed by atoms with E-state index in [0.717, 1.165) is 5.56 Å². The van der Waals surface area contributed by atoms with Gasteiger partial charge in [-0.05, 0) is 25.5 Å². The zero-order valence-electron chi connectivity index (χ0n) is 20.2. The quantitative estimate of drug-likeness (QED) is 0.189. The van der Waals surface area contributed by atoms with Crippen LogP contribution in [-0.4, -0.2) is 40.6 Å². The molecule has 7 nitrogen and oxygen atoms in total. The number of hydrogen-bond donors (Lipinski definition) is 2. The van der Waals surface area contributed by atoms with E-state index in [1.807, 2.05) is 25.1 Å². The molecule has 7 heteroatoms. The summed E-state index contributed by atoms with van der Waals surface area (Å²) in [6.45, 7) is 2.91. The Labute approximate surface area is 213 Å². The minimum absolute atomic E-state index is 0.0572. The Morgan fingerprint density at radius 3 is 2.43 bits per heavy atom. The Hall–Kier alpha value is -4.49. The second-order valence-electron chi connectivity index (χ2n) is 9.35. The zero-order chi connectivity index (χ0) is 25.7. The molecule has 0 bridgehead atoms. The van der Waals surface area contributed by atoms with Crippen LogP contribution in [0.2, 0.25) is 0 Å². The van der Waals surface area contributed by atoms with Crippen molar-refractivity contribution in [2.75, 3.05) is 13.1 Å². The fourth-order valence-electron chi connectivity index (χ4n) is 5.30. The number of aliphatic hydroxyl groups is 1. The summed E-state index contributed by atoms with van der Waals surface area (Å²) >= 11 is 0. The summed E-state index contributed by atoms with van der Waals surface area (Å²) in [6.07, 6.45) is 0.689. The van der Waals surface area contributed by atoms with E-state index in [2.05, 4.69) is 5.32 Å². The van der Waals surface area contributed by atoms with Crippen molar-refractivity contribution >= 4 is 17.5 Å². The van der Waals surface area contributed by atoms with Crippen LogP contribution in [0.1, 0.15) is 38.3 Å². The van der Waals surface area contributed by atoms with E-state index in [1.165, 1.54) is 0 Å². The maximum Gasteiger partial charge on any atom is 0.348 e. The molecular formula is C30H24N2O5. The second-order valence-corrected chi connectivity index (χ2v) is 9.35. The van der Waals surface area contributed by atoms with Gasteiger partial charge in [0.25, 0.3) is 0 Å². The average molecular weight is 493 g/mol. The maximum absolute atomic E-state index is 14.1. The van der Waals surface area contributed by atoms with E-state index in [0.29, 0.717) is 36.5 Å². The third kappa shape index (κ3) is 3.42. The zero-order valence-corrected chi connectivity index (χ0v) is 20.2. The molecule has 0 amide bonds. The number of ether oxygens (including phenoxy) is 1. The molecule has 184 valence electrons. The van der Waals surface area contributed by atoms with Gasteiger partial charge in [-0.25, -0.2) is 4.79 Å². The Morgan fingerprint density at radius 2 is 1.68 bits per heavy atom. The van der Waals surface area contributed by atoms with Crippen molar-refractivity contribution in [2.45, 2.75) is 19.1 Å². The van der Waals surface area contributed by atoms with Crippen molar-refractivity contribution in [3.63, 3.8) is 0 Å². The van der Waals surface area contributed by atoms with Gasteiger partial charge >= 0.3 is 5.97 Å². The smallest absolute Gasteiger partial charge is 0.348 e. The molecule has 3 aliphatic heterocycles. The van der Waals surface area contributed by atoms with Gasteiger partial charge < -0.3 is 20.1 Å². The molecule has 37 heavy (non-hydrogen) atoms. The predicted octanol–water partition coefficient (Wildman–Crippen LogP) is 3.64. The Morgan fingerprint density at radius 1 is 0.973 bits per heavy atom. The van der Waals surface area contributed by atoms with Crippen LogP contribution in [0.25, 0.3) is 0 Å². The first-order valence-electron chi connectivity index (χ1n) is 12.2. The first-order valence-corrected chi connectivity index (χ1v) is 12.2. The number of hydrogen-bond acceptors (Lipinski definition) is 7. The van der Waals surface area contributed by atoms with Crippen molar-refractivity contribution in [3.05, 3.63) is 124 Å². The SMILES string of the molecule is Cc1ccc(C(=O)C2=C3NCCCN3C(O)(c3ccccc3)C2=C2C(=O)Oc3ccccc3C2=O)cc1. The fraction of sp³-hybridized carbons (Fsp3) is 0.167. The van der Waals surface area contributed by atoms with Gasteiger partial charge in [-0.1, -0.05) is 72.3 Å². The summed E-state index contributed by atoms with van der Waals surface area (Å²) in [5.74, 6) is -1.35. The van der Waals surface area contributed by atoms with E-state index in [-0.39, 0.29) is 28.0 Å². The van der Waals surface area contributed by atoms with Crippen LogP contribution in [0, 0.1) is 6.92 Å². The van der Waals surface area contributed by atoms with E-state index < -0.39 is 23.3 Å². The molecule has 1 fully saturated rings. The van der Waals surface area contributed by atoms with Crippen molar-refractivity contribution < 1.29 is 24.2 Å². The lowest BCUT2D eigenvalue weighted by atomic mass is 9.82. The Kier molecular flexibility index (Phi) is 5.31. The average Bonchev–Trinajstić information content (AvgIpc) is 3.19. The van der Waals surface area contributed by atoms with E-state index >= 15 is 0 Å². The number of rotatable bonds is 3. The van der Waals surface area contributed by atoms with Crippen LogP contribution in [0.3, 0.4) is 0 Å². The maximum atomic E-state index is 14.1. The van der Waals surface area contributed by atoms with Crippen molar-refractivity contribution in [2.24, 2.45) is 0 Å². The highest BCUT2D eigenvalue weighted by Crippen LogP contribution is 2.50. The molecule has 3 aliphatic rings. The Bertz CT molecular complexity index is 1520. The molecule has 3 aromatic carbocycles. The number of nitrogens with zero attached hydrogens (tertiary/aromatic N) is 1. The number of fused-ring (bicyclic) bond motifs is 2. The van der Waals surface area contributed by atoms with Gasteiger partial charge in [-0.15, -0.1) is 0 Å². The molecule has 0 aromatic heterocycles. The summed E-state index contributed by atoms with van der Waals surface area (Å²) in [6, 6.07) is 22.3. The highest BCUT2D eigenvalue weighted by Gasteiger charge is 2.56. The van der Waals surface area contributed by atoms with Gasteiger partial charge in [0, 0.05) is 29.8 Å². The minimum Gasteiger partial charge on any atom is -0.422 e. The highest BCUT2D eigenvalue weighted by atomic mass is 16.5. The molecule has 1 saturated heterocycles. The summed E-state index contributed by atoms with van der Waals surface area (Å²) in [4.78, 5) is 43.1. The van der Waals surface area contributed by atoms with Gasteiger partial charge in [0.15, 0.2) is 11.5 Å². The number of carbonyl (C=O) groups excluding carboxylic acids is 3. The van der Waals surface area contributed by atoms with E-state index in [4.69, 9.17) is 4.74 Å². The number of aryl methyl sites for hydroxylation is 1. The molecule has 0 saturated carbocycles. The van der Waals surface area contributed by atoms with Crippen LogP contribution in [0.4, 0.5) is 0 Å². The van der Waals surface area contributed by atoms with Crippen LogP contribution in [0.15, 0.2) is 101 Å². The summed E-state index contributed by atoms with van der Waals surface area (Å²) < 4.78 is 5.56. The number of carbonyl (C=O) groups is 3. The molecule has 2 N–H and O–H groups in total. The lowest BCUT2D eigenvalue weighted by Gasteiger charge is -2.41. The number of Topliss-reactive ketones (excluding diaryl/α,β-unsaturated/α-hetero) is 2. The van der Waals surface area contributed by atoms with Crippen LogP contribution < -0.4 is 10.1 Å². The van der Waals surface area contributed by atoms with Crippen LogP contribution >= 0.6 is 0 Å². The first-order chi connectivity index (χ1) is 17.9. The van der Waals surface area contributed by atoms with Gasteiger partial charge in [0.2, 0.25) is 5.78 Å². The van der Waals surface area contributed by atoms with Gasteiger partial charge in [-0.2, -0.15) is 0 Å². The van der Waals surface area contributed by atoms with Gasteiger partial charge in [0.05, 0.1) is 11.1 Å². The van der Waals surface area contributed by atoms with Crippen LogP contribution in [-0.2, 0) is 10.5 Å². The number of benzene rings is 3. The minimum atomic E-state index is -1.95. The molecule has 0 aliphatic carbocycles. The van der Waals surface area contributed by atoms with Gasteiger partial charge in [-0.3, -0.25) is 9.59 Å². The normalized spacial score (nSPS) is 22.8. The van der Waals surface area contributed by atoms with Crippen molar-refractivity contribution in [1.29, 1.82) is 0 Å². The topological polar surface area (TPSA) is 95.9 Å². The molecule has 0 radical (unpaired) electrons. The van der Waals surface area contributed by atoms with Crippen LogP contribution in [0.5, 0.6) is 5.75 Å². The monoisotopic (exact) mass is 492 g/mol. The number of esters is 1. The fourth-order valence-corrected chi connectivity index (χ4v) is 5.30.